The predicted octanol–water partition coefficient (Wildman–Crippen LogP) is 3.72. The molecule has 0 saturated carbocycles. The maximum absolute atomic E-state index is 8.76. The summed E-state index contributed by atoms with van der Waals surface area (Å²) in [4.78, 5) is 0. The van der Waals surface area contributed by atoms with Crippen molar-refractivity contribution in [3.63, 3.8) is 0 Å². The minimum atomic E-state index is 0.315. The number of aryl methyl sites for hydroxylation is 1. The molecule has 1 N–H and O–H groups in total. The third-order valence-electron chi connectivity index (χ3n) is 3.24. The van der Waals surface area contributed by atoms with Crippen LogP contribution in [0.2, 0.25) is 0 Å². The Kier molecular flexibility index (Phi) is 4.33. The first-order valence-corrected chi connectivity index (χ1v) is 6.48. The molecule has 2 aromatic rings. The molecule has 2 heteroatoms. The van der Waals surface area contributed by atoms with E-state index in [0.717, 1.165) is 6.54 Å². The molecule has 0 saturated heterocycles. The lowest BCUT2D eigenvalue weighted by atomic mass is 10.1. The van der Waals surface area contributed by atoms with Crippen molar-refractivity contribution >= 4 is 0 Å². The molecule has 0 fully saturated rings. The van der Waals surface area contributed by atoms with Crippen molar-refractivity contribution < 1.29 is 0 Å². The van der Waals surface area contributed by atoms with Crippen molar-refractivity contribution in [1.29, 1.82) is 5.26 Å². The van der Waals surface area contributed by atoms with Crippen molar-refractivity contribution in [3.05, 3.63) is 70.8 Å². The summed E-state index contributed by atoms with van der Waals surface area (Å²) in [5.41, 5.74) is 4.48. The van der Waals surface area contributed by atoms with Crippen LogP contribution in [0.4, 0.5) is 0 Å². The molecule has 2 rings (SSSR count). The molecule has 1 unspecified atom stereocenters. The highest BCUT2D eigenvalue weighted by molar-refractivity contribution is 5.31. The van der Waals surface area contributed by atoms with Crippen molar-refractivity contribution in [1.82, 2.24) is 5.32 Å². The van der Waals surface area contributed by atoms with Crippen LogP contribution in [0, 0.1) is 18.3 Å². The highest BCUT2D eigenvalue weighted by Gasteiger charge is 2.04. The number of hydrogen-bond donors (Lipinski definition) is 1. The molecule has 1 atom stereocenters. The van der Waals surface area contributed by atoms with Crippen LogP contribution in [0.1, 0.15) is 35.2 Å². The second-order valence-corrected chi connectivity index (χ2v) is 4.83. The number of nitriles is 1. The average Bonchev–Trinajstić information content (AvgIpc) is 2.45. The van der Waals surface area contributed by atoms with E-state index in [4.69, 9.17) is 5.26 Å². The van der Waals surface area contributed by atoms with Crippen molar-refractivity contribution in [2.45, 2.75) is 26.4 Å². The van der Waals surface area contributed by atoms with Gasteiger partial charge in [0, 0.05) is 12.6 Å². The van der Waals surface area contributed by atoms with E-state index < -0.39 is 0 Å². The van der Waals surface area contributed by atoms with Crippen molar-refractivity contribution in [2.24, 2.45) is 0 Å². The smallest absolute Gasteiger partial charge is 0.0991 e. The van der Waals surface area contributed by atoms with Crippen LogP contribution in [0.25, 0.3) is 0 Å². The molecule has 0 spiro atoms. The van der Waals surface area contributed by atoms with Gasteiger partial charge in [0.05, 0.1) is 11.6 Å². The van der Waals surface area contributed by atoms with Gasteiger partial charge in [0.25, 0.3) is 0 Å². The van der Waals surface area contributed by atoms with Gasteiger partial charge in [-0.1, -0.05) is 42.0 Å². The Hall–Kier alpha value is -2.11. The van der Waals surface area contributed by atoms with Gasteiger partial charge in [-0.2, -0.15) is 5.26 Å². The fourth-order valence-electron chi connectivity index (χ4n) is 2.03. The quantitative estimate of drug-likeness (QED) is 0.897. The molecule has 0 radical (unpaired) electrons. The van der Waals surface area contributed by atoms with Gasteiger partial charge in [-0.25, -0.2) is 0 Å². The van der Waals surface area contributed by atoms with Gasteiger partial charge in [-0.15, -0.1) is 0 Å². The Bertz CT molecular complexity index is 579. The fraction of sp³-hybridized carbons (Fsp3) is 0.235. The number of hydrogen-bond acceptors (Lipinski definition) is 2. The average molecular weight is 250 g/mol. The topological polar surface area (TPSA) is 35.8 Å². The van der Waals surface area contributed by atoms with Crippen LogP contribution in [-0.4, -0.2) is 0 Å². The molecule has 0 bridgehead atoms. The molecule has 2 aromatic carbocycles. The molecule has 0 heterocycles. The van der Waals surface area contributed by atoms with Crippen LogP contribution in [0.15, 0.2) is 48.5 Å². The predicted molar refractivity (Wildman–Crippen MR) is 77.6 cm³/mol. The summed E-state index contributed by atoms with van der Waals surface area (Å²) in [6.45, 7) is 5.08. The second-order valence-electron chi connectivity index (χ2n) is 4.83. The summed E-state index contributed by atoms with van der Waals surface area (Å²) >= 11 is 0. The van der Waals surface area contributed by atoms with E-state index in [1.807, 2.05) is 24.3 Å². The summed E-state index contributed by atoms with van der Waals surface area (Å²) in [6, 6.07) is 18.7. The molecule has 0 aromatic heterocycles. The highest BCUT2D eigenvalue weighted by atomic mass is 14.9. The van der Waals surface area contributed by atoms with Crippen LogP contribution < -0.4 is 5.32 Å². The van der Waals surface area contributed by atoms with Gasteiger partial charge in [0.1, 0.15) is 0 Å². The molecule has 0 aliphatic carbocycles. The third kappa shape index (κ3) is 3.67. The summed E-state index contributed by atoms with van der Waals surface area (Å²) < 4.78 is 0. The third-order valence-corrected chi connectivity index (χ3v) is 3.24. The van der Waals surface area contributed by atoms with Crippen LogP contribution >= 0.6 is 0 Å². The zero-order valence-corrected chi connectivity index (χ0v) is 11.4. The van der Waals surface area contributed by atoms with E-state index in [1.54, 1.807) is 0 Å². The zero-order valence-electron chi connectivity index (χ0n) is 11.4. The molecular formula is C17H18N2. The summed E-state index contributed by atoms with van der Waals surface area (Å²) in [6.07, 6.45) is 0. The van der Waals surface area contributed by atoms with E-state index >= 15 is 0 Å². The normalized spacial score (nSPS) is 11.8. The maximum atomic E-state index is 8.76. The Labute approximate surface area is 114 Å². The molecule has 19 heavy (non-hydrogen) atoms. The Morgan fingerprint density at radius 2 is 1.89 bits per heavy atom. The van der Waals surface area contributed by atoms with Gasteiger partial charge in [-0.3, -0.25) is 0 Å². The van der Waals surface area contributed by atoms with Gasteiger partial charge in [0.2, 0.25) is 0 Å². The molecular weight excluding hydrogens is 232 g/mol. The lowest BCUT2D eigenvalue weighted by Gasteiger charge is -2.15. The van der Waals surface area contributed by atoms with E-state index in [2.05, 4.69) is 49.5 Å². The largest absolute Gasteiger partial charge is 0.306 e. The van der Waals surface area contributed by atoms with Crippen molar-refractivity contribution in [3.8, 4) is 6.07 Å². The van der Waals surface area contributed by atoms with E-state index in [1.165, 1.54) is 16.7 Å². The van der Waals surface area contributed by atoms with E-state index in [-0.39, 0.29) is 0 Å². The fourth-order valence-corrected chi connectivity index (χ4v) is 2.03. The number of benzene rings is 2. The molecule has 2 nitrogen and oxygen atoms in total. The Balaban J connectivity index is 1.96. The van der Waals surface area contributed by atoms with Gasteiger partial charge in [-0.05, 0) is 37.1 Å². The standard InChI is InChI=1S/C17H18N2/c1-13-4-3-5-17(10-13)14(2)19-12-16-8-6-15(11-18)7-9-16/h3-10,14,19H,12H2,1-2H3. The van der Waals surface area contributed by atoms with E-state index in [0.29, 0.717) is 11.6 Å². The summed E-state index contributed by atoms with van der Waals surface area (Å²) in [7, 11) is 0. The number of nitrogens with zero attached hydrogens (tertiary/aromatic N) is 1. The van der Waals surface area contributed by atoms with E-state index in [9.17, 15) is 0 Å². The Morgan fingerprint density at radius 1 is 1.16 bits per heavy atom. The summed E-state index contributed by atoms with van der Waals surface area (Å²) in [5, 5.41) is 12.3. The first kappa shape index (κ1) is 13.3. The Morgan fingerprint density at radius 3 is 2.53 bits per heavy atom. The van der Waals surface area contributed by atoms with Gasteiger partial charge >= 0.3 is 0 Å². The van der Waals surface area contributed by atoms with Crippen LogP contribution in [0.5, 0.6) is 0 Å². The summed E-state index contributed by atoms with van der Waals surface area (Å²) in [5.74, 6) is 0. The van der Waals surface area contributed by atoms with Crippen molar-refractivity contribution in [2.75, 3.05) is 0 Å². The number of nitrogens with one attached hydrogen (secondary N) is 1. The minimum Gasteiger partial charge on any atom is -0.306 e. The molecule has 0 amide bonds. The van der Waals surface area contributed by atoms with Crippen LogP contribution in [-0.2, 0) is 6.54 Å². The monoisotopic (exact) mass is 250 g/mol. The first-order chi connectivity index (χ1) is 9.19. The van der Waals surface area contributed by atoms with Gasteiger partial charge in [0.15, 0.2) is 0 Å². The maximum Gasteiger partial charge on any atom is 0.0991 e. The zero-order chi connectivity index (χ0) is 13.7. The minimum absolute atomic E-state index is 0.315. The molecule has 0 aliphatic heterocycles. The second kappa shape index (κ2) is 6.17. The molecule has 0 aliphatic rings. The molecule has 96 valence electrons. The lowest BCUT2D eigenvalue weighted by Crippen LogP contribution is -2.18. The lowest BCUT2D eigenvalue weighted by molar-refractivity contribution is 0.574. The highest BCUT2D eigenvalue weighted by Crippen LogP contribution is 2.14. The first-order valence-electron chi connectivity index (χ1n) is 6.48. The SMILES string of the molecule is Cc1cccc(C(C)NCc2ccc(C#N)cc2)c1. The number of rotatable bonds is 4. The van der Waals surface area contributed by atoms with Gasteiger partial charge < -0.3 is 5.32 Å². The van der Waals surface area contributed by atoms with Crippen LogP contribution in [0.3, 0.4) is 0 Å².